The zero-order chi connectivity index (χ0) is 25.5. The van der Waals surface area contributed by atoms with Crippen molar-refractivity contribution in [2.45, 2.75) is 38.3 Å². The average Bonchev–Trinajstić information content (AvgIpc) is 3.32. The van der Waals surface area contributed by atoms with Crippen LogP contribution in [0.4, 0.5) is 0 Å². The molecule has 0 fully saturated rings. The number of nitrogens with one attached hydrogen (secondary N) is 1. The van der Waals surface area contributed by atoms with E-state index in [1.807, 2.05) is 54.6 Å². The first-order chi connectivity index (χ1) is 18.2. The van der Waals surface area contributed by atoms with Crippen molar-refractivity contribution in [3.05, 3.63) is 89.6 Å². The van der Waals surface area contributed by atoms with Crippen LogP contribution in [0.3, 0.4) is 0 Å². The van der Waals surface area contributed by atoms with Gasteiger partial charge < -0.3 is 24.3 Å². The second-order valence-electron chi connectivity index (χ2n) is 9.65. The van der Waals surface area contributed by atoms with Gasteiger partial charge in [-0.3, -0.25) is 4.90 Å². The molecule has 1 aromatic heterocycles. The molecule has 0 spiro atoms. The van der Waals surface area contributed by atoms with Crippen LogP contribution in [-0.4, -0.2) is 54.5 Å². The number of hydrogen-bond acceptors (Lipinski definition) is 5. The second kappa shape index (κ2) is 12.2. The number of ether oxygens (including phenoxy) is 3. The van der Waals surface area contributed by atoms with Gasteiger partial charge >= 0.3 is 0 Å². The molecule has 0 saturated carbocycles. The lowest BCUT2D eigenvalue weighted by Gasteiger charge is -2.25. The van der Waals surface area contributed by atoms with E-state index in [1.165, 1.54) is 35.0 Å². The third kappa shape index (κ3) is 6.27. The Balaban J connectivity index is 1.22. The minimum atomic E-state index is -0.639. The maximum absolute atomic E-state index is 11.0. The number of nitrogens with zero attached hydrogens (tertiary/aromatic N) is 1. The van der Waals surface area contributed by atoms with E-state index >= 15 is 0 Å². The van der Waals surface area contributed by atoms with E-state index in [0.717, 1.165) is 29.9 Å². The van der Waals surface area contributed by atoms with Crippen LogP contribution in [-0.2, 0) is 19.4 Å². The van der Waals surface area contributed by atoms with Crippen molar-refractivity contribution in [1.29, 1.82) is 0 Å². The van der Waals surface area contributed by atoms with Crippen LogP contribution in [0.5, 0.6) is 17.2 Å². The predicted octanol–water partition coefficient (Wildman–Crippen LogP) is 5.38. The van der Waals surface area contributed by atoms with Gasteiger partial charge in [0.2, 0.25) is 0 Å². The van der Waals surface area contributed by atoms with Crippen LogP contribution in [0.1, 0.15) is 29.7 Å². The molecule has 194 valence electrons. The van der Waals surface area contributed by atoms with Gasteiger partial charge in [0.1, 0.15) is 25.1 Å². The van der Waals surface area contributed by atoms with Crippen molar-refractivity contribution in [2.75, 3.05) is 33.4 Å². The summed E-state index contributed by atoms with van der Waals surface area (Å²) in [7, 11) is 1.64. The summed E-state index contributed by atoms with van der Waals surface area (Å²) in [5.41, 5.74) is 5.03. The van der Waals surface area contributed by atoms with Gasteiger partial charge in [-0.2, -0.15) is 0 Å². The molecule has 1 aliphatic carbocycles. The summed E-state index contributed by atoms with van der Waals surface area (Å²) in [5.74, 6) is 2.29. The van der Waals surface area contributed by atoms with Gasteiger partial charge in [-0.1, -0.05) is 48.5 Å². The van der Waals surface area contributed by atoms with E-state index in [4.69, 9.17) is 14.2 Å². The number of rotatable bonds is 12. The molecule has 37 heavy (non-hydrogen) atoms. The largest absolute Gasteiger partial charge is 0.493 e. The Hall–Kier alpha value is -3.48. The number of aryl methyl sites for hydroxylation is 2. The normalized spacial score (nSPS) is 13.9. The molecule has 0 bridgehead atoms. The van der Waals surface area contributed by atoms with Crippen molar-refractivity contribution in [3.8, 4) is 17.2 Å². The van der Waals surface area contributed by atoms with Crippen molar-refractivity contribution < 1.29 is 19.3 Å². The topological polar surface area (TPSA) is 67.0 Å². The lowest BCUT2D eigenvalue weighted by Crippen LogP contribution is -2.37. The fourth-order valence-electron chi connectivity index (χ4n) is 5.18. The lowest BCUT2D eigenvalue weighted by atomic mass is 9.95. The lowest BCUT2D eigenvalue weighted by molar-refractivity contribution is 0.0608. The van der Waals surface area contributed by atoms with Crippen LogP contribution in [0.15, 0.2) is 72.8 Å². The van der Waals surface area contributed by atoms with Crippen LogP contribution < -0.4 is 14.2 Å². The second-order valence-corrected chi connectivity index (χ2v) is 9.65. The van der Waals surface area contributed by atoms with Crippen LogP contribution in [0, 0.1) is 0 Å². The number of hydrogen-bond donors (Lipinski definition) is 2. The molecule has 1 atom stereocenters. The molecule has 0 radical (unpaired) electrons. The van der Waals surface area contributed by atoms with E-state index in [-0.39, 0.29) is 6.61 Å². The number of para-hydroxylation sites is 2. The molecule has 6 nitrogen and oxygen atoms in total. The number of aliphatic hydroxyl groups is 1. The zero-order valence-electron chi connectivity index (χ0n) is 21.5. The molecular weight excluding hydrogens is 464 g/mol. The van der Waals surface area contributed by atoms with E-state index in [2.05, 4.69) is 28.1 Å². The minimum Gasteiger partial charge on any atom is -0.493 e. The Kier molecular flexibility index (Phi) is 8.28. The molecule has 0 aliphatic heterocycles. The summed E-state index contributed by atoms with van der Waals surface area (Å²) in [4.78, 5) is 5.78. The molecule has 4 aromatic rings. The SMILES string of the molecule is COc1ccccc1OCCN(Cc1ccccc1)C[C@H](O)COc1cccc2[nH]c3c(c12)CCCC3. The van der Waals surface area contributed by atoms with Gasteiger partial charge in [-0.25, -0.2) is 0 Å². The van der Waals surface area contributed by atoms with Gasteiger partial charge in [-0.05, 0) is 61.1 Å². The highest BCUT2D eigenvalue weighted by atomic mass is 16.5. The molecule has 1 heterocycles. The standard InChI is InChI=1S/C31H36N2O4/c1-35-28-15-7-8-16-29(28)36-19-18-33(20-23-10-3-2-4-11-23)21-24(34)22-37-30-17-9-14-27-31(30)25-12-5-6-13-26(25)32-27/h2-4,7-11,14-17,24,32,34H,5-6,12-13,18-22H2,1H3/t24-/m0/s1. The van der Waals surface area contributed by atoms with E-state index in [0.29, 0.717) is 32.0 Å². The summed E-state index contributed by atoms with van der Waals surface area (Å²) in [6.07, 6.45) is 3.97. The maximum Gasteiger partial charge on any atom is 0.161 e. The quantitative estimate of drug-likeness (QED) is 0.274. The van der Waals surface area contributed by atoms with E-state index < -0.39 is 6.10 Å². The molecule has 5 rings (SSSR count). The molecule has 0 unspecified atom stereocenters. The van der Waals surface area contributed by atoms with Gasteiger partial charge in [0, 0.05) is 36.2 Å². The molecule has 0 amide bonds. The van der Waals surface area contributed by atoms with E-state index in [1.54, 1.807) is 7.11 Å². The summed E-state index contributed by atoms with van der Waals surface area (Å²) >= 11 is 0. The van der Waals surface area contributed by atoms with Crippen molar-refractivity contribution >= 4 is 10.9 Å². The van der Waals surface area contributed by atoms with E-state index in [9.17, 15) is 5.11 Å². The van der Waals surface area contributed by atoms with Crippen molar-refractivity contribution in [1.82, 2.24) is 9.88 Å². The molecule has 6 heteroatoms. The van der Waals surface area contributed by atoms with Gasteiger partial charge in [-0.15, -0.1) is 0 Å². The highest BCUT2D eigenvalue weighted by molar-refractivity contribution is 5.90. The monoisotopic (exact) mass is 500 g/mol. The zero-order valence-corrected chi connectivity index (χ0v) is 21.5. The van der Waals surface area contributed by atoms with Crippen LogP contribution in [0.2, 0.25) is 0 Å². The Labute approximate surface area is 218 Å². The third-order valence-corrected chi connectivity index (χ3v) is 6.96. The van der Waals surface area contributed by atoms with Crippen molar-refractivity contribution in [3.63, 3.8) is 0 Å². The number of fused-ring (bicyclic) bond motifs is 3. The fourth-order valence-corrected chi connectivity index (χ4v) is 5.18. The number of H-pyrrole nitrogens is 1. The third-order valence-electron chi connectivity index (χ3n) is 6.96. The summed E-state index contributed by atoms with van der Waals surface area (Å²) < 4.78 is 17.6. The molecule has 0 saturated heterocycles. The summed E-state index contributed by atoms with van der Waals surface area (Å²) in [6.45, 7) is 2.57. The summed E-state index contributed by atoms with van der Waals surface area (Å²) in [6, 6.07) is 24.1. The average molecular weight is 501 g/mol. The Morgan fingerprint density at radius 3 is 2.46 bits per heavy atom. The highest BCUT2D eigenvalue weighted by Crippen LogP contribution is 2.35. The maximum atomic E-state index is 11.0. The first-order valence-electron chi connectivity index (χ1n) is 13.2. The van der Waals surface area contributed by atoms with Gasteiger partial charge in [0.25, 0.3) is 0 Å². The van der Waals surface area contributed by atoms with Gasteiger partial charge in [0.05, 0.1) is 7.11 Å². The highest BCUT2D eigenvalue weighted by Gasteiger charge is 2.20. The Morgan fingerprint density at radius 2 is 1.62 bits per heavy atom. The first-order valence-corrected chi connectivity index (χ1v) is 13.2. The minimum absolute atomic E-state index is 0.234. The number of aromatic amines is 1. The molecule has 3 aromatic carbocycles. The number of methoxy groups -OCH3 is 1. The number of aliphatic hydroxyl groups excluding tert-OH is 1. The first kappa shape index (κ1) is 25.2. The number of benzene rings is 3. The molecule has 2 N–H and O–H groups in total. The smallest absolute Gasteiger partial charge is 0.161 e. The molecule has 1 aliphatic rings. The predicted molar refractivity (Wildman–Crippen MR) is 147 cm³/mol. The Morgan fingerprint density at radius 1 is 0.865 bits per heavy atom. The van der Waals surface area contributed by atoms with Gasteiger partial charge in [0.15, 0.2) is 11.5 Å². The van der Waals surface area contributed by atoms with Crippen LogP contribution >= 0.6 is 0 Å². The molecular formula is C31H36N2O4. The van der Waals surface area contributed by atoms with Crippen molar-refractivity contribution in [2.24, 2.45) is 0 Å². The van der Waals surface area contributed by atoms with Crippen LogP contribution in [0.25, 0.3) is 10.9 Å². The Bertz CT molecular complexity index is 1290. The fraction of sp³-hybridized carbons (Fsp3) is 0.355. The number of aromatic nitrogens is 1. The summed E-state index contributed by atoms with van der Waals surface area (Å²) in [5, 5.41) is 12.2.